The van der Waals surface area contributed by atoms with E-state index >= 15 is 0 Å². The second-order valence-corrected chi connectivity index (χ2v) is 7.36. The molecule has 0 radical (unpaired) electrons. The van der Waals surface area contributed by atoms with Gasteiger partial charge in [-0.25, -0.2) is 0 Å². The molecular formula is C23H28N4O3. The summed E-state index contributed by atoms with van der Waals surface area (Å²) >= 11 is 0. The van der Waals surface area contributed by atoms with Gasteiger partial charge in [-0.15, -0.1) is 0 Å². The van der Waals surface area contributed by atoms with Crippen LogP contribution >= 0.6 is 0 Å². The summed E-state index contributed by atoms with van der Waals surface area (Å²) in [5.41, 5.74) is 2.68. The maximum atomic E-state index is 12.5. The molecule has 2 aromatic carbocycles. The van der Waals surface area contributed by atoms with Gasteiger partial charge < -0.3 is 20.9 Å². The van der Waals surface area contributed by atoms with E-state index in [1.165, 1.54) is 0 Å². The molecule has 3 amide bonds. The summed E-state index contributed by atoms with van der Waals surface area (Å²) in [6, 6.07) is 14.2. The lowest BCUT2D eigenvalue weighted by atomic mass is 10.1. The number of carbonyl (C=O) groups is 3. The quantitative estimate of drug-likeness (QED) is 0.621. The summed E-state index contributed by atoms with van der Waals surface area (Å²) in [7, 11) is 0. The van der Waals surface area contributed by atoms with Crippen molar-refractivity contribution in [2.24, 2.45) is 0 Å². The van der Waals surface area contributed by atoms with E-state index < -0.39 is 0 Å². The molecule has 7 heteroatoms. The van der Waals surface area contributed by atoms with Crippen molar-refractivity contribution in [2.75, 3.05) is 35.6 Å². The summed E-state index contributed by atoms with van der Waals surface area (Å²) in [6.07, 6.45) is 3.38. The molecule has 1 aliphatic heterocycles. The lowest BCUT2D eigenvalue weighted by Gasteiger charge is -2.16. The highest BCUT2D eigenvalue weighted by Gasteiger charge is 2.19. The highest BCUT2D eigenvalue weighted by Crippen LogP contribution is 2.17. The zero-order valence-corrected chi connectivity index (χ0v) is 17.2. The lowest BCUT2D eigenvalue weighted by Crippen LogP contribution is -2.27. The topological polar surface area (TPSA) is 90.5 Å². The second kappa shape index (κ2) is 10.4. The number of anilines is 3. The fourth-order valence-corrected chi connectivity index (χ4v) is 3.34. The summed E-state index contributed by atoms with van der Waals surface area (Å²) in [4.78, 5) is 38.3. The van der Waals surface area contributed by atoms with E-state index in [1.807, 2.05) is 24.0 Å². The molecule has 1 fully saturated rings. The number of likely N-dealkylation sites (tertiary alicyclic amines) is 1. The monoisotopic (exact) mass is 408 g/mol. The predicted octanol–water partition coefficient (Wildman–Crippen LogP) is 3.71. The molecule has 30 heavy (non-hydrogen) atoms. The molecule has 0 atom stereocenters. The molecule has 158 valence electrons. The van der Waals surface area contributed by atoms with Crippen LogP contribution in [0.4, 0.5) is 17.1 Å². The van der Waals surface area contributed by atoms with Crippen LogP contribution in [0.25, 0.3) is 0 Å². The van der Waals surface area contributed by atoms with Gasteiger partial charge in [0.1, 0.15) is 0 Å². The highest BCUT2D eigenvalue weighted by molar-refractivity contribution is 5.98. The van der Waals surface area contributed by atoms with Crippen LogP contribution in [0.5, 0.6) is 0 Å². The third-order valence-electron chi connectivity index (χ3n) is 4.89. The van der Waals surface area contributed by atoms with Crippen LogP contribution in [-0.4, -0.2) is 42.3 Å². The van der Waals surface area contributed by atoms with Crippen molar-refractivity contribution in [3.8, 4) is 0 Å². The zero-order valence-electron chi connectivity index (χ0n) is 17.2. The minimum absolute atomic E-state index is 0.00726. The molecule has 0 saturated carbocycles. The number of rotatable bonds is 8. The van der Waals surface area contributed by atoms with Gasteiger partial charge in [-0.3, -0.25) is 14.4 Å². The Morgan fingerprint density at radius 1 is 0.867 bits per heavy atom. The lowest BCUT2D eigenvalue weighted by molar-refractivity contribution is -0.116. The van der Waals surface area contributed by atoms with Crippen LogP contribution in [-0.2, 0) is 9.59 Å². The molecule has 0 aliphatic carbocycles. The van der Waals surface area contributed by atoms with E-state index in [9.17, 15) is 14.4 Å². The third-order valence-corrected chi connectivity index (χ3v) is 4.89. The first kappa shape index (κ1) is 21.4. The molecule has 3 N–H and O–H groups in total. The SMILES string of the molecule is CCCC(=O)Nc1ccc(NCC(=O)Nc2cccc(C(=O)N3CCCC3)c2)cc1. The fourth-order valence-electron chi connectivity index (χ4n) is 3.34. The number of nitrogens with zero attached hydrogens (tertiary/aromatic N) is 1. The molecule has 2 aromatic rings. The average molecular weight is 409 g/mol. The first-order valence-corrected chi connectivity index (χ1v) is 10.4. The number of benzene rings is 2. The van der Waals surface area contributed by atoms with Crippen molar-refractivity contribution >= 4 is 34.8 Å². The Bertz CT molecular complexity index is 890. The molecule has 0 bridgehead atoms. The Hall–Kier alpha value is -3.35. The zero-order chi connectivity index (χ0) is 21.3. The number of carbonyl (C=O) groups excluding carboxylic acids is 3. The first-order chi connectivity index (χ1) is 14.5. The number of hydrogen-bond acceptors (Lipinski definition) is 4. The van der Waals surface area contributed by atoms with Crippen molar-refractivity contribution in [1.29, 1.82) is 0 Å². The van der Waals surface area contributed by atoms with E-state index in [0.717, 1.165) is 43.7 Å². The average Bonchev–Trinajstić information content (AvgIpc) is 3.28. The molecule has 0 aromatic heterocycles. The molecule has 7 nitrogen and oxygen atoms in total. The standard InChI is InChI=1S/C23H28N4O3/c1-2-6-21(28)25-19-11-9-18(10-12-19)24-16-22(29)26-20-8-5-7-17(15-20)23(30)27-13-3-4-14-27/h5,7-12,15,24H,2-4,6,13-14,16H2,1H3,(H,25,28)(H,26,29). The summed E-state index contributed by atoms with van der Waals surface area (Å²) in [6.45, 7) is 3.63. The maximum Gasteiger partial charge on any atom is 0.253 e. The van der Waals surface area contributed by atoms with E-state index in [1.54, 1.807) is 36.4 Å². The Morgan fingerprint density at radius 3 is 2.23 bits per heavy atom. The second-order valence-electron chi connectivity index (χ2n) is 7.36. The van der Waals surface area contributed by atoms with Crippen LogP contribution in [0.1, 0.15) is 43.0 Å². The number of hydrogen-bond donors (Lipinski definition) is 3. The van der Waals surface area contributed by atoms with Gasteiger partial charge >= 0.3 is 0 Å². The van der Waals surface area contributed by atoms with Gasteiger partial charge in [0, 0.05) is 42.1 Å². The van der Waals surface area contributed by atoms with Gasteiger partial charge in [0.15, 0.2) is 0 Å². The van der Waals surface area contributed by atoms with Crippen molar-refractivity contribution in [3.63, 3.8) is 0 Å². The third kappa shape index (κ3) is 6.07. The summed E-state index contributed by atoms with van der Waals surface area (Å²) in [5, 5.41) is 8.70. The van der Waals surface area contributed by atoms with Crippen molar-refractivity contribution in [3.05, 3.63) is 54.1 Å². The van der Waals surface area contributed by atoms with Gasteiger partial charge in [0.2, 0.25) is 11.8 Å². The van der Waals surface area contributed by atoms with Gasteiger partial charge in [0.05, 0.1) is 6.54 Å². The summed E-state index contributed by atoms with van der Waals surface area (Å²) < 4.78 is 0. The maximum absolute atomic E-state index is 12.5. The van der Waals surface area contributed by atoms with Crippen molar-refractivity contribution in [2.45, 2.75) is 32.6 Å². The number of amides is 3. The molecule has 0 spiro atoms. The largest absolute Gasteiger partial charge is 0.376 e. The van der Waals surface area contributed by atoms with E-state index in [4.69, 9.17) is 0 Å². The normalized spacial score (nSPS) is 13.0. The molecule has 1 aliphatic rings. The number of nitrogens with one attached hydrogen (secondary N) is 3. The molecule has 0 unspecified atom stereocenters. The van der Waals surface area contributed by atoms with Gasteiger partial charge in [-0.2, -0.15) is 0 Å². The summed E-state index contributed by atoms with van der Waals surface area (Å²) in [5.74, 6) is -0.211. The Morgan fingerprint density at radius 2 is 1.53 bits per heavy atom. The Labute approximate surface area is 176 Å². The van der Waals surface area contributed by atoms with E-state index in [-0.39, 0.29) is 24.3 Å². The molecule has 1 saturated heterocycles. The smallest absolute Gasteiger partial charge is 0.253 e. The minimum atomic E-state index is -0.207. The van der Waals surface area contributed by atoms with Gasteiger partial charge in [-0.05, 0) is 61.7 Å². The highest BCUT2D eigenvalue weighted by atomic mass is 16.2. The van der Waals surface area contributed by atoms with Gasteiger partial charge in [-0.1, -0.05) is 13.0 Å². The van der Waals surface area contributed by atoms with Gasteiger partial charge in [0.25, 0.3) is 5.91 Å². The molecular weight excluding hydrogens is 380 g/mol. The Kier molecular flexibility index (Phi) is 7.43. The Balaban J connectivity index is 1.49. The van der Waals surface area contributed by atoms with E-state index in [0.29, 0.717) is 17.7 Å². The van der Waals surface area contributed by atoms with Crippen LogP contribution in [0.2, 0.25) is 0 Å². The molecule has 3 rings (SSSR count). The van der Waals surface area contributed by atoms with Crippen molar-refractivity contribution < 1.29 is 14.4 Å². The minimum Gasteiger partial charge on any atom is -0.376 e. The van der Waals surface area contributed by atoms with Crippen LogP contribution < -0.4 is 16.0 Å². The van der Waals surface area contributed by atoms with E-state index in [2.05, 4.69) is 16.0 Å². The van der Waals surface area contributed by atoms with Crippen LogP contribution in [0.3, 0.4) is 0 Å². The van der Waals surface area contributed by atoms with Crippen LogP contribution in [0, 0.1) is 0 Å². The predicted molar refractivity (Wildman–Crippen MR) is 119 cm³/mol. The van der Waals surface area contributed by atoms with Crippen molar-refractivity contribution in [1.82, 2.24) is 4.90 Å². The first-order valence-electron chi connectivity index (χ1n) is 10.4. The molecule has 1 heterocycles. The van der Waals surface area contributed by atoms with Crippen LogP contribution in [0.15, 0.2) is 48.5 Å². The fraction of sp³-hybridized carbons (Fsp3) is 0.348.